The third-order valence-electron chi connectivity index (χ3n) is 5.10. The lowest BCUT2D eigenvalue weighted by atomic mass is 10.2. The number of amides is 3. The highest BCUT2D eigenvalue weighted by Gasteiger charge is 2.21. The van der Waals surface area contributed by atoms with Crippen LogP contribution in [0, 0.1) is 13.8 Å². The van der Waals surface area contributed by atoms with Gasteiger partial charge < -0.3 is 10.6 Å². The topological polar surface area (TPSA) is 92.2 Å². The highest BCUT2D eigenvalue weighted by molar-refractivity contribution is 9.10. The zero-order valence-electron chi connectivity index (χ0n) is 18.3. The number of aryl methyl sites for hydroxylation is 2. The highest BCUT2D eigenvalue weighted by Crippen LogP contribution is 2.26. The van der Waals surface area contributed by atoms with E-state index in [4.69, 9.17) is 11.6 Å². The lowest BCUT2D eigenvalue weighted by molar-refractivity contribution is -0.133. The van der Waals surface area contributed by atoms with Crippen LogP contribution in [0.15, 0.2) is 71.2 Å². The zero-order chi connectivity index (χ0) is 24.4. The van der Waals surface area contributed by atoms with E-state index in [-0.39, 0.29) is 5.69 Å². The first kappa shape index (κ1) is 23.5. The molecule has 0 aliphatic heterocycles. The van der Waals surface area contributed by atoms with E-state index in [0.717, 1.165) is 11.1 Å². The van der Waals surface area contributed by atoms with Crippen LogP contribution in [-0.4, -0.2) is 22.4 Å². The second kappa shape index (κ2) is 9.70. The standard InChI is InChI=1S/C25H20BrClN4O3/c1-14-3-7-18(8-4-14)28-24(33)25(34)30-31-21-10-6-17(27)12-16(21)13-22(31)23(32)29-20-9-5-15(2)11-19(20)26/h3-13H,1-2H3,(H,28,33)(H,29,32)(H,30,34). The van der Waals surface area contributed by atoms with Crippen molar-refractivity contribution in [2.24, 2.45) is 0 Å². The van der Waals surface area contributed by atoms with Crippen molar-refractivity contribution in [3.8, 4) is 0 Å². The summed E-state index contributed by atoms with van der Waals surface area (Å²) in [4.78, 5) is 38.4. The second-order valence-electron chi connectivity index (χ2n) is 7.77. The monoisotopic (exact) mass is 538 g/mol. The average Bonchev–Trinajstić information content (AvgIpc) is 3.14. The molecule has 7 nitrogen and oxygen atoms in total. The number of fused-ring (bicyclic) bond motifs is 1. The van der Waals surface area contributed by atoms with Crippen LogP contribution in [0.5, 0.6) is 0 Å². The largest absolute Gasteiger partial charge is 0.328 e. The number of hydrogen-bond donors (Lipinski definition) is 3. The Morgan fingerprint density at radius 2 is 1.53 bits per heavy atom. The molecule has 4 rings (SSSR count). The molecule has 0 saturated carbocycles. The van der Waals surface area contributed by atoms with Gasteiger partial charge in [0.25, 0.3) is 5.91 Å². The van der Waals surface area contributed by atoms with E-state index in [1.54, 1.807) is 42.5 Å². The first-order valence-electron chi connectivity index (χ1n) is 10.3. The number of nitrogens with zero attached hydrogens (tertiary/aromatic N) is 1. The van der Waals surface area contributed by atoms with Crippen molar-refractivity contribution >= 4 is 67.5 Å². The van der Waals surface area contributed by atoms with E-state index in [1.807, 2.05) is 38.1 Å². The van der Waals surface area contributed by atoms with Gasteiger partial charge in [0.2, 0.25) is 0 Å². The van der Waals surface area contributed by atoms with Gasteiger partial charge in [0, 0.05) is 20.6 Å². The van der Waals surface area contributed by atoms with E-state index >= 15 is 0 Å². The Hall–Kier alpha value is -3.62. The number of nitrogens with one attached hydrogen (secondary N) is 3. The number of benzene rings is 3. The smallest absolute Gasteiger partial charge is 0.320 e. The molecule has 0 bridgehead atoms. The summed E-state index contributed by atoms with van der Waals surface area (Å²) in [6.07, 6.45) is 0. The van der Waals surface area contributed by atoms with Crippen LogP contribution in [-0.2, 0) is 9.59 Å². The summed E-state index contributed by atoms with van der Waals surface area (Å²) in [6, 6.07) is 19.1. The van der Waals surface area contributed by atoms with Crippen LogP contribution in [0.2, 0.25) is 5.02 Å². The predicted octanol–water partition coefficient (Wildman–Crippen LogP) is 5.64. The second-order valence-corrected chi connectivity index (χ2v) is 9.06. The molecule has 3 amide bonds. The van der Waals surface area contributed by atoms with Gasteiger partial charge in [0.05, 0.1) is 11.2 Å². The van der Waals surface area contributed by atoms with Crippen molar-refractivity contribution in [2.75, 3.05) is 16.1 Å². The minimum atomic E-state index is -0.932. The molecule has 1 heterocycles. The molecule has 0 aliphatic carbocycles. The van der Waals surface area contributed by atoms with E-state index in [9.17, 15) is 14.4 Å². The van der Waals surface area contributed by atoms with Crippen molar-refractivity contribution in [2.45, 2.75) is 13.8 Å². The van der Waals surface area contributed by atoms with Gasteiger partial charge >= 0.3 is 11.8 Å². The van der Waals surface area contributed by atoms with Gasteiger partial charge in [0.1, 0.15) is 5.69 Å². The summed E-state index contributed by atoms with van der Waals surface area (Å²) < 4.78 is 1.99. The summed E-state index contributed by atoms with van der Waals surface area (Å²) in [6.45, 7) is 3.86. The number of anilines is 2. The number of halogens is 2. The maximum atomic E-state index is 13.2. The molecule has 3 aromatic carbocycles. The lowest BCUT2D eigenvalue weighted by Crippen LogP contribution is -2.36. The van der Waals surface area contributed by atoms with Crippen LogP contribution in [0.1, 0.15) is 21.6 Å². The molecule has 9 heteroatoms. The normalized spacial score (nSPS) is 10.7. The summed E-state index contributed by atoms with van der Waals surface area (Å²) in [7, 11) is 0. The highest BCUT2D eigenvalue weighted by atomic mass is 79.9. The molecule has 0 saturated heterocycles. The summed E-state index contributed by atoms with van der Waals surface area (Å²) in [5, 5.41) is 6.47. The molecule has 0 atom stereocenters. The molecule has 0 radical (unpaired) electrons. The van der Waals surface area contributed by atoms with E-state index in [1.165, 1.54) is 4.68 Å². The van der Waals surface area contributed by atoms with E-state index in [0.29, 0.717) is 31.8 Å². The summed E-state index contributed by atoms with van der Waals surface area (Å²) in [5.41, 5.74) is 6.26. The average molecular weight is 540 g/mol. The summed E-state index contributed by atoms with van der Waals surface area (Å²) >= 11 is 9.56. The first-order chi connectivity index (χ1) is 16.2. The molecule has 172 valence electrons. The molecule has 34 heavy (non-hydrogen) atoms. The van der Waals surface area contributed by atoms with Gasteiger partial charge in [-0.15, -0.1) is 0 Å². The van der Waals surface area contributed by atoms with Gasteiger partial charge in [-0.25, -0.2) is 4.68 Å². The van der Waals surface area contributed by atoms with Gasteiger partial charge in [-0.05, 0) is 83.9 Å². The molecule has 0 aliphatic rings. The first-order valence-corrected chi connectivity index (χ1v) is 11.5. The Labute approximate surface area is 209 Å². The number of aromatic nitrogens is 1. The minimum Gasteiger partial charge on any atom is -0.320 e. The molecular weight excluding hydrogens is 520 g/mol. The van der Waals surface area contributed by atoms with Gasteiger partial charge in [0.15, 0.2) is 0 Å². The molecule has 0 spiro atoms. The molecule has 0 fully saturated rings. The number of carbonyl (C=O) groups excluding carboxylic acids is 3. The Morgan fingerprint density at radius 3 is 2.24 bits per heavy atom. The van der Waals surface area contributed by atoms with Crippen molar-refractivity contribution in [3.63, 3.8) is 0 Å². The fraction of sp³-hybridized carbons (Fsp3) is 0.0800. The van der Waals surface area contributed by atoms with Crippen LogP contribution >= 0.6 is 27.5 Å². The Balaban J connectivity index is 1.63. The Morgan fingerprint density at radius 1 is 0.824 bits per heavy atom. The zero-order valence-corrected chi connectivity index (χ0v) is 20.6. The Bertz CT molecular complexity index is 1430. The molecular formula is C25H20BrClN4O3. The maximum absolute atomic E-state index is 13.2. The third kappa shape index (κ3) is 5.13. The van der Waals surface area contributed by atoms with Crippen LogP contribution in [0.4, 0.5) is 11.4 Å². The maximum Gasteiger partial charge on any atom is 0.328 e. The van der Waals surface area contributed by atoms with Crippen LogP contribution in [0.3, 0.4) is 0 Å². The Kier molecular flexibility index (Phi) is 6.72. The molecule has 4 aromatic rings. The molecule has 3 N–H and O–H groups in total. The number of rotatable bonds is 4. The fourth-order valence-electron chi connectivity index (χ4n) is 3.36. The number of carbonyl (C=O) groups is 3. The fourth-order valence-corrected chi connectivity index (χ4v) is 4.13. The number of hydrogen-bond acceptors (Lipinski definition) is 3. The van der Waals surface area contributed by atoms with Crippen molar-refractivity contribution in [3.05, 3.63) is 93.0 Å². The molecule has 0 unspecified atom stereocenters. The van der Waals surface area contributed by atoms with Crippen molar-refractivity contribution in [1.82, 2.24) is 4.68 Å². The molecule has 1 aromatic heterocycles. The van der Waals surface area contributed by atoms with E-state index in [2.05, 4.69) is 32.0 Å². The van der Waals surface area contributed by atoms with Crippen LogP contribution in [0.25, 0.3) is 10.9 Å². The van der Waals surface area contributed by atoms with Gasteiger partial charge in [-0.2, -0.15) is 0 Å². The third-order valence-corrected chi connectivity index (χ3v) is 5.99. The quantitative estimate of drug-likeness (QED) is 0.293. The van der Waals surface area contributed by atoms with Gasteiger partial charge in [-0.1, -0.05) is 35.4 Å². The van der Waals surface area contributed by atoms with Crippen molar-refractivity contribution in [1.29, 1.82) is 0 Å². The van der Waals surface area contributed by atoms with Crippen molar-refractivity contribution < 1.29 is 14.4 Å². The van der Waals surface area contributed by atoms with E-state index < -0.39 is 17.7 Å². The summed E-state index contributed by atoms with van der Waals surface area (Å²) in [5.74, 6) is -2.28. The predicted molar refractivity (Wildman–Crippen MR) is 138 cm³/mol. The SMILES string of the molecule is Cc1ccc(NC(=O)C(=O)Nn2c(C(=O)Nc3ccc(C)cc3Br)cc3cc(Cl)ccc32)cc1. The van der Waals surface area contributed by atoms with Gasteiger partial charge in [-0.3, -0.25) is 19.8 Å². The minimum absolute atomic E-state index is 0.126. The lowest BCUT2D eigenvalue weighted by Gasteiger charge is -2.13. The van der Waals surface area contributed by atoms with Crippen LogP contribution < -0.4 is 16.1 Å².